The molecule has 3 nitrogen and oxygen atoms in total. The summed E-state index contributed by atoms with van der Waals surface area (Å²) < 4.78 is 6.81. The molecule has 0 radical (unpaired) electrons. The van der Waals surface area contributed by atoms with Crippen molar-refractivity contribution in [2.45, 2.75) is 32.6 Å². The first-order valence-electron chi connectivity index (χ1n) is 7.99. The van der Waals surface area contributed by atoms with E-state index >= 15 is 0 Å². The zero-order valence-electron chi connectivity index (χ0n) is 13.3. The van der Waals surface area contributed by atoms with E-state index in [2.05, 4.69) is 34.8 Å². The average Bonchev–Trinajstić information content (AvgIpc) is 2.57. The average molecular weight is 423 g/mol. The first-order valence-corrected chi connectivity index (χ1v) is 9.06. The quantitative estimate of drug-likeness (QED) is 0.450. The molecular weight excluding hydrogens is 401 g/mol. The number of carbonyl (C=O) groups excluding carboxylic acids is 1. The molecule has 1 N–H and O–H groups in total. The minimum absolute atomic E-state index is 0.102. The van der Waals surface area contributed by atoms with E-state index in [0.717, 1.165) is 28.0 Å². The van der Waals surface area contributed by atoms with E-state index in [1.165, 1.54) is 19.3 Å². The van der Waals surface area contributed by atoms with E-state index < -0.39 is 0 Å². The van der Waals surface area contributed by atoms with Crippen molar-refractivity contribution in [3.8, 4) is 5.75 Å². The molecule has 0 saturated heterocycles. The Labute approximate surface area is 151 Å². The lowest BCUT2D eigenvalue weighted by Crippen LogP contribution is -2.11. The van der Waals surface area contributed by atoms with Crippen LogP contribution in [0.4, 0.5) is 5.69 Å². The summed E-state index contributed by atoms with van der Waals surface area (Å²) in [6, 6.07) is 15.0. The van der Waals surface area contributed by atoms with Crippen LogP contribution in [0, 0.1) is 3.57 Å². The van der Waals surface area contributed by atoms with Gasteiger partial charge in [-0.2, -0.15) is 0 Å². The van der Waals surface area contributed by atoms with E-state index in [9.17, 15) is 4.79 Å². The molecule has 122 valence electrons. The highest BCUT2D eigenvalue weighted by atomic mass is 127. The second kappa shape index (κ2) is 9.55. The molecule has 2 aromatic rings. The molecule has 0 unspecified atom stereocenters. The number of unbranched alkanes of at least 4 members (excludes halogenated alkanes) is 3. The molecule has 0 spiro atoms. The van der Waals surface area contributed by atoms with E-state index in [4.69, 9.17) is 4.74 Å². The van der Waals surface area contributed by atoms with Crippen LogP contribution in [0.1, 0.15) is 43.0 Å². The van der Waals surface area contributed by atoms with Gasteiger partial charge in [-0.15, -0.1) is 0 Å². The number of hydrogen-bond acceptors (Lipinski definition) is 2. The molecule has 4 heteroatoms. The lowest BCUT2D eigenvalue weighted by molar-refractivity contribution is 0.102. The molecule has 1 amide bonds. The number of benzene rings is 2. The molecule has 23 heavy (non-hydrogen) atoms. The van der Waals surface area contributed by atoms with Gasteiger partial charge in [-0.3, -0.25) is 4.79 Å². The van der Waals surface area contributed by atoms with Gasteiger partial charge >= 0.3 is 0 Å². The van der Waals surface area contributed by atoms with Crippen LogP contribution < -0.4 is 10.1 Å². The Hall–Kier alpha value is -1.56. The van der Waals surface area contributed by atoms with Gasteiger partial charge in [0.1, 0.15) is 5.75 Å². The molecule has 2 aromatic carbocycles. The van der Waals surface area contributed by atoms with Gasteiger partial charge in [-0.25, -0.2) is 0 Å². The summed E-state index contributed by atoms with van der Waals surface area (Å²) in [5, 5.41) is 2.89. The summed E-state index contributed by atoms with van der Waals surface area (Å²) in [5.74, 6) is 0.739. The fourth-order valence-corrected chi connectivity index (χ4v) is 2.52. The van der Waals surface area contributed by atoms with Gasteiger partial charge in [-0.05, 0) is 77.5 Å². The smallest absolute Gasteiger partial charge is 0.255 e. The molecule has 0 atom stereocenters. The van der Waals surface area contributed by atoms with Gasteiger partial charge in [0, 0.05) is 14.8 Å². The predicted molar refractivity (Wildman–Crippen MR) is 103 cm³/mol. The number of amides is 1. The zero-order valence-corrected chi connectivity index (χ0v) is 15.5. The standard InChI is InChI=1S/C19H22INO2/c1-2-3-4-5-14-23-18-12-10-17(11-13-18)21-19(22)15-6-8-16(20)9-7-15/h6-13H,2-5,14H2,1H3,(H,21,22). The number of ether oxygens (including phenoxy) is 1. The van der Waals surface area contributed by atoms with E-state index in [1.54, 1.807) is 0 Å². The third kappa shape index (κ3) is 6.22. The lowest BCUT2D eigenvalue weighted by atomic mass is 10.2. The second-order valence-corrected chi connectivity index (χ2v) is 6.64. The van der Waals surface area contributed by atoms with Crippen LogP contribution >= 0.6 is 22.6 Å². The summed E-state index contributed by atoms with van der Waals surface area (Å²) in [4.78, 5) is 12.1. The van der Waals surface area contributed by atoms with Crippen LogP contribution in [0.25, 0.3) is 0 Å². The van der Waals surface area contributed by atoms with Crippen molar-refractivity contribution in [3.63, 3.8) is 0 Å². The summed E-state index contributed by atoms with van der Waals surface area (Å²) in [5.41, 5.74) is 1.42. The first kappa shape index (κ1) is 17.8. The van der Waals surface area contributed by atoms with Crippen molar-refractivity contribution in [1.82, 2.24) is 0 Å². The van der Waals surface area contributed by atoms with Crippen molar-refractivity contribution < 1.29 is 9.53 Å². The summed E-state index contributed by atoms with van der Waals surface area (Å²) >= 11 is 2.22. The molecule has 0 fully saturated rings. The van der Waals surface area contributed by atoms with Crippen LogP contribution in [-0.4, -0.2) is 12.5 Å². The van der Waals surface area contributed by atoms with Crippen molar-refractivity contribution in [2.75, 3.05) is 11.9 Å². The number of halogens is 1. The van der Waals surface area contributed by atoms with Crippen molar-refractivity contribution >= 4 is 34.2 Å². The van der Waals surface area contributed by atoms with Gasteiger partial charge in [0.05, 0.1) is 6.61 Å². The molecule has 0 bridgehead atoms. The monoisotopic (exact) mass is 423 g/mol. The second-order valence-electron chi connectivity index (χ2n) is 5.39. The summed E-state index contributed by atoms with van der Waals surface area (Å²) in [6.45, 7) is 2.94. The van der Waals surface area contributed by atoms with Gasteiger partial charge in [0.25, 0.3) is 5.91 Å². The highest BCUT2D eigenvalue weighted by Crippen LogP contribution is 2.17. The number of nitrogens with one attached hydrogen (secondary N) is 1. The zero-order chi connectivity index (χ0) is 16.5. The van der Waals surface area contributed by atoms with Crippen LogP contribution in [-0.2, 0) is 0 Å². The normalized spacial score (nSPS) is 10.3. The number of anilines is 1. The van der Waals surface area contributed by atoms with Crippen LogP contribution in [0.5, 0.6) is 5.75 Å². The van der Waals surface area contributed by atoms with Crippen molar-refractivity contribution in [1.29, 1.82) is 0 Å². The maximum Gasteiger partial charge on any atom is 0.255 e. The molecule has 0 aliphatic rings. The van der Waals surface area contributed by atoms with Gasteiger partial charge in [0.2, 0.25) is 0 Å². The Bertz CT molecular complexity index is 608. The Kier molecular flexibility index (Phi) is 7.39. The highest BCUT2D eigenvalue weighted by Gasteiger charge is 2.05. The lowest BCUT2D eigenvalue weighted by Gasteiger charge is -2.08. The molecule has 0 aliphatic carbocycles. The van der Waals surface area contributed by atoms with Gasteiger partial charge in [-0.1, -0.05) is 26.2 Å². The first-order chi connectivity index (χ1) is 11.2. The molecule has 0 aromatic heterocycles. The third-order valence-corrected chi connectivity index (χ3v) is 4.20. The van der Waals surface area contributed by atoms with Gasteiger partial charge in [0.15, 0.2) is 0 Å². The van der Waals surface area contributed by atoms with Gasteiger partial charge < -0.3 is 10.1 Å². The molecule has 2 rings (SSSR count). The van der Waals surface area contributed by atoms with E-state index in [-0.39, 0.29) is 5.91 Å². The fourth-order valence-electron chi connectivity index (χ4n) is 2.16. The summed E-state index contributed by atoms with van der Waals surface area (Å²) in [6.07, 6.45) is 4.78. The summed E-state index contributed by atoms with van der Waals surface area (Å²) in [7, 11) is 0. The maximum absolute atomic E-state index is 12.1. The largest absolute Gasteiger partial charge is 0.494 e. The highest BCUT2D eigenvalue weighted by molar-refractivity contribution is 14.1. The van der Waals surface area contributed by atoms with Crippen LogP contribution in [0.15, 0.2) is 48.5 Å². The molecule has 0 saturated carbocycles. The number of hydrogen-bond donors (Lipinski definition) is 1. The Balaban J connectivity index is 1.82. The van der Waals surface area contributed by atoms with Crippen LogP contribution in [0.3, 0.4) is 0 Å². The molecule has 0 aliphatic heterocycles. The Morgan fingerprint density at radius 2 is 1.70 bits per heavy atom. The maximum atomic E-state index is 12.1. The number of rotatable bonds is 8. The molecular formula is C19H22INO2. The van der Waals surface area contributed by atoms with E-state index in [0.29, 0.717) is 5.56 Å². The Morgan fingerprint density at radius 1 is 1.00 bits per heavy atom. The van der Waals surface area contributed by atoms with Crippen molar-refractivity contribution in [2.24, 2.45) is 0 Å². The Morgan fingerprint density at radius 3 is 2.35 bits per heavy atom. The van der Waals surface area contributed by atoms with Crippen LogP contribution in [0.2, 0.25) is 0 Å². The fraction of sp³-hybridized carbons (Fsp3) is 0.316. The predicted octanol–water partition coefficient (Wildman–Crippen LogP) is 5.50. The third-order valence-electron chi connectivity index (χ3n) is 3.49. The molecule has 0 heterocycles. The topological polar surface area (TPSA) is 38.3 Å². The minimum atomic E-state index is -0.102. The minimum Gasteiger partial charge on any atom is -0.494 e. The SMILES string of the molecule is CCCCCCOc1ccc(NC(=O)c2ccc(I)cc2)cc1. The van der Waals surface area contributed by atoms with E-state index in [1.807, 2.05) is 48.5 Å². The number of carbonyl (C=O) groups is 1. The van der Waals surface area contributed by atoms with Crippen molar-refractivity contribution in [3.05, 3.63) is 57.7 Å².